The van der Waals surface area contributed by atoms with E-state index >= 15 is 0 Å². The molecule has 0 bridgehead atoms. The van der Waals surface area contributed by atoms with Crippen molar-refractivity contribution in [1.29, 1.82) is 0 Å². The Hall–Kier alpha value is -2.83. The van der Waals surface area contributed by atoms with Crippen molar-refractivity contribution in [3.63, 3.8) is 0 Å². The van der Waals surface area contributed by atoms with Crippen LogP contribution in [0.2, 0.25) is 0 Å². The maximum absolute atomic E-state index is 12.1. The van der Waals surface area contributed by atoms with Crippen molar-refractivity contribution in [2.75, 3.05) is 5.73 Å². The lowest BCUT2D eigenvalue weighted by Gasteiger charge is -2.05. The third-order valence-electron chi connectivity index (χ3n) is 3.26. The maximum atomic E-state index is 12.1. The van der Waals surface area contributed by atoms with Gasteiger partial charge in [0.2, 0.25) is 0 Å². The van der Waals surface area contributed by atoms with E-state index in [2.05, 4.69) is 5.10 Å². The van der Waals surface area contributed by atoms with E-state index in [-0.39, 0.29) is 11.2 Å². The number of anilines is 1. The van der Waals surface area contributed by atoms with E-state index in [0.717, 1.165) is 0 Å². The summed E-state index contributed by atoms with van der Waals surface area (Å²) in [5.74, 6) is 0. The van der Waals surface area contributed by atoms with Gasteiger partial charge in [0.1, 0.15) is 0 Å². The first-order valence-corrected chi connectivity index (χ1v) is 6.65. The van der Waals surface area contributed by atoms with E-state index < -0.39 is 0 Å². The smallest absolute Gasteiger partial charge is 0.350 e. The molecular formula is C14H15N5O2. The normalized spacial score (nSPS) is 11.0. The molecule has 0 aliphatic carbocycles. The van der Waals surface area contributed by atoms with Gasteiger partial charge in [0.05, 0.1) is 0 Å². The summed E-state index contributed by atoms with van der Waals surface area (Å²) in [6.45, 7) is 0.936. The second kappa shape index (κ2) is 5.28. The lowest BCUT2D eigenvalue weighted by atomic mass is 10.3. The number of aromatic nitrogens is 4. The first-order chi connectivity index (χ1) is 10.1. The molecule has 3 aromatic heterocycles. The highest BCUT2D eigenvalue weighted by atomic mass is 16.2. The predicted molar refractivity (Wildman–Crippen MR) is 79.2 cm³/mol. The topological polar surface area (TPSA) is 87.3 Å². The van der Waals surface area contributed by atoms with Gasteiger partial charge < -0.3 is 10.3 Å². The molecule has 0 aromatic carbocycles. The molecule has 3 rings (SSSR count). The minimum atomic E-state index is -0.175. The standard InChI is InChI=1S/C14H15N5O2/c15-11-5-6-13(20)17(10-11)7-3-9-19-14(21)18-8-2-1-4-12(18)16-19/h1-2,4-6,8,10H,3,7,9,15H2. The number of pyridine rings is 2. The largest absolute Gasteiger partial charge is 0.398 e. The molecule has 0 unspecified atom stereocenters. The number of hydrogen-bond acceptors (Lipinski definition) is 4. The second-order valence-electron chi connectivity index (χ2n) is 4.78. The van der Waals surface area contributed by atoms with Crippen LogP contribution < -0.4 is 17.0 Å². The molecule has 0 saturated carbocycles. The Bertz CT molecular complexity index is 890. The lowest BCUT2D eigenvalue weighted by molar-refractivity contribution is 0.509. The van der Waals surface area contributed by atoms with Crippen LogP contribution in [0.3, 0.4) is 0 Å². The fourth-order valence-electron chi connectivity index (χ4n) is 2.23. The summed E-state index contributed by atoms with van der Waals surface area (Å²) >= 11 is 0. The molecule has 0 atom stereocenters. The molecule has 2 N–H and O–H groups in total. The number of aryl methyl sites for hydroxylation is 2. The van der Waals surface area contributed by atoms with Gasteiger partial charge in [-0.05, 0) is 24.6 Å². The predicted octanol–water partition coefficient (Wildman–Crippen LogP) is 0.330. The lowest BCUT2D eigenvalue weighted by Crippen LogP contribution is -2.24. The summed E-state index contributed by atoms with van der Waals surface area (Å²) in [6.07, 6.45) is 3.91. The van der Waals surface area contributed by atoms with Crippen molar-refractivity contribution in [1.82, 2.24) is 18.7 Å². The van der Waals surface area contributed by atoms with Crippen LogP contribution >= 0.6 is 0 Å². The second-order valence-corrected chi connectivity index (χ2v) is 4.78. The number of nitrogen functional groups attached to an aromatic ring is 1. The van der Waals surface area contributed by atoms with Crippen LogP contribution in [0, 0.1) is 0 Å². The Morgan fingerprint density at radius 2 is 1.95 bits per heavy atom. The molecule has 7 heteroatoms. The summed E-state index contributed by atoms with van der Waals surface area (Å²) in [4.78, 5) is 23.7. The first kappa shape index (κ1) is 13.2. The molecule has 0 spiro atoms. The molecule has 21 heavy (non-hydrogen) atoms. The Balaban J connectivity index is 1.75. The summed E-state index contributed by atoms with van der Waals surface area (Å²) in [7, 11) is 0. The summed E-state index contributed by atoms with van der Waals surface area (Å²) in [5, 5.41) is 4.24. The van der Waals surface area contributed by atoms with Crippen molar-refractivity contribution in [3.05, 3.63) is 63.6 Å². The van der Waals surface area contributed by atoms with Gasteiger partial charge in [-0.2, -0.15) is 0 Å². The SMILES string of the molecule is Nc1ccc(=O)n(CCCn2nc3ccccn3c2=O)c1. The Morgan fingerprint density at radius 3 is 2.76 bits per heavy atom. The zero-order chi connectivity index (χ0) is 14.8. The van der Waals surface area contributed by atoms with Crippen molar-refractivity contribution in [2.24, 2.45) is 0 Å². The zero-order valence-electron chi connectivity index (χ0n) is 11.3. The summed E-state index contributed by atoms with van der Waals surface area (Å²) < 4.78 is 4.44. The monoisotopic (exact) mass is 285 g/mol. The minimum absolute atomic E-state index is 0.105. The van der Waals surface area contributed by atoms with Crippen molar-refractivity contribution < 1.29 is 0 Å². The Kier molecular flexibility index (Phi) is 3.31. The van der Waals surface area contributed by atoms with Crippen molar-refractivity contribution in [3.8, 4) is 0 Å². The minimum Gasteiger partial charge on any atom is -0.398 e. The van der Waals surface area contributed by atoms with Crippen LogP contribution in [0.25, 0.3) is 5.65 Å². The van der Waals surface area contributed by atoms with Crippen LogP contribution in [0.5, 0.6) is 0 Å². The highest BCUT2D eigenvalue weighted by molar-refractivity contribution is 5.35. The molecule has 3 aromatic rings. The Morgan fingerprint density at radius 1 is 1.10 bits per heavy atom. The molecule has 7 nitrogen and oxygen atoms in total. The molecule has 0 saturated heterocycles. The number of nitrogens with two attached hydrogens (primary N) is 1. The number of nitrogens with zero attached hydrogens (tertiary/aromatic N) is 4. The van der Waals surface area contributed by atoms with Gasteiger partial charge in [-0.25, -0.2) is 9.48 Å². The van der Waals surface area contributed by atoms with Gasteiger partial charge in [0.25, 0.3) is 5.56 Å². The molecule has 0 aliphatic rings. The van der Waals surface area contributed by atoms with Crippen molar-refractivity contribution in [2.45, 2.75) is 19.5 Å². The van der Waals surface area contributed by atoms with E-state index in [9.17, 15) is 9.59 Å². The van der Waals surface area contributed by atoms with Gasteiger partial charge in [-0.1, -0.05) is 6.07 Å². The van der Waals surface area contributed by atoms with E-state index in [1.54, 1.807) is 30.6 Å². The fourth-order valence-corrected chi connectivity index (χ4v) is 2.23. The van der Waals surface area contributed by atoms with E-state index in [1.165, 1.54) is 19.7 Å². The number of hydrogen-bond donors (Lipinski definition) is 1. The molecule has 0 aliphatic heterocycles. The third kappa shape index (κ3) is 2.58. The molecule has 0 fully saturated rings. The maximum Gasteiger partial charge on any atom is 0.350 e. The van der Waals surface area contributed by atoms with Gasteiger partial charge in [-0.15, -0.1) is 5.10 Å². The van der Waals surface area contributed by atoms with Crippen LogP contribution in [-0.4, -0.2) is 18.7 Å². The molecule has 108 valence electrons. The summed E-state index contributed by atoms with van der Waals surface area (Å²) in [5.41, 5.74) is 6.53. The molecule has 3 heterocycles. The summed E-state index contributed by atoms with van der Waals surface area (Å²) in [6, 6.07) is 8.41. The highest BCUT2D eigenvalue weighted by Gasteiger charge is 2.05. The molecular weight excluding hydrogens is 270 g/mol. The third-order valence-corrected chi connectivity index (χ3v) is 3.26. The van der Waals surface area contributed by atoms with Crippen LogP contribution in [0.4, 0.5) is 5.69 Å². The van der Waals surface area contributed by atoms with Crippen LogP contribution in [0.1, 0.15) is 6.42 Å². The number of rotatable bonds is 4. The van der Waals surface area contributed by atoms with Crippen LogP contribution in [-0.2, 0) is 13.1 Å². The number of fused-ring (bicyclic) bond motifs is 1. The van der Waals surface area contributed by atoms with E-state index in [4.69, 9.17) is 5.73 Å². The van der Waals surface area contributed by atoms with Crippen molar-refractivity contribution >= 4 is 11.3 Å². The van der Waals surface area contributed by atoms with Gasteiger partial charge in [0, 0.05) is 37.2 Å². The van der Waals surface area contributed by atoms with Gasteiger partial charge in [-0.3, -0.25) is 9.20 Å². The molecule has 0 amide bonds. The highest BCUT2D eigenvalue weighted by Crippen LogP contribution is 1.99. The van der Waals surface area contributed by atoms with Crippen LogP contribution in [0.15, 0.2) is 52.3 Å². The quantitative estimate of drug-likeness (QED) is 0.748. The van der Waals surface area contributed by atoms with Gasteiger partial charge >= 0.3 is 5.69 Å². The average molecular weight is 285 g/mol. The van der Waals surface area contributed by atoms with Gasteiger partial charge in [0.15, 0.2) is 5.65 Å². The van der Waals surface area contributed by atoms with E-state index in [0.29, 0.717) is 30.8 Å². The fraction of sp³-hybridized carbons (Fsp3) is 0.214. The molecule has 0 radical (unpaired) electrons. The first-order valence-electron chi connectivity index (χ1n) is 6.65. The zero-order valence-corrected chi connectivity index (χ0v) is 11.3. The Labute approximate surface area is 119 Å². The van der Waals surface area contributed by atoms with E-state index in [1.807, 2.05) is 6.07 Å². The average Bonchev–Trinajstić information content (AvgIpc) is 2.80.